The number of hydrogen-bond acceptors (Lipinski definition) is 3. The number of halogens is 2. The minimum atomic E-state index is 0.401. The summed E-state index contributed by atoms with van der Waals surface area (Å²) in [6, 6.07) is 1.72. The molecule has 2 aromatic rings. The summed E-state index contributed by atoms with van der Waals surface area (Å²) in [5.41, 5.74) is 0. The average Bonchev–Trinajstić information content (AvgIpc) is 2.22. The molecule has 0 saturated heterocycles. The van der Waals surface area contributed by atoms with Crippen LogP contribution in [0.3, 0.4) is 0 Å². The van der Waals surface area contributed by atoms with E-state index in [-0.39, 0.29) is 0 Å². The first-order valence-electron chi connectivity index (χ1n) is 4.45. The Morgan fingerprint density at radius 3 is 2.73 bits per heavy atom. The second-order valence-corrected chi connectivity index (χ2v) is 3.64. The molecule has 0 aliphatic rings. The lowest BCUT2D eigenvalue weighted by Crippen LogP contribution is -1.94. The van der Waals surface area contributed by atoms with Crippen LogP contribution < -0.4 is 4.74 Å². The summed E-state index contributed by atoms with van der Waals surface area (Å²) in [5, 5.41) is 2.38. The van der Waals surface area contributed by atoms with Crippen LogP contribution in [0.4, 0.5) is 0 Å². The Kier molecular flexibility index (Phi) is 2.93. The van der Waals surface area contributed by atoms with E-state index in [0.717, 1.165) is 10.8 Å². The lowest BCUT2D eigenvalue weighted by Gasteiger charge is -2.07. The van der Waals surface area contributed by atoms with Crippen molar-refractivity contribution in [2.45, 2.75) is 6.92 Å². The van der Waals surface area contributed by atoms with E-state index in [2.05, 4.69) is 9.97 Å². The summed E-state index contributed by atoms with van der Waals surface area (Å²) < 4.78 is 5.42. The van der Waals surface area contributed by atoms with Crippen molar-refractivity contribution in [3.63, 3.8) is 0 Å². The zero-order valence-electron chi connectivity index (χ0n) is 8.00. The molecular weight excluding hydrogens is 235 g/mol. The monoisotopic (exact) mass is 242 g/mol. The SMILES string of the molecule is CCOc1cnc(Cl)c2cnc(Cl)cc12. The maximum absolute atomic E-state index is 5.93. The fourth-order valence-electron chi connectivity index (χ4n) is 1.32. The smallest absolute Gasteiger partial charge is 0.145 e. The Morgan fingerprint density at radius 1 is 1.20 bits per heavy atom. The Morgan fingerprint density at radius 2 is 2.00 bits per heavy atom. The molecule has 0 aliphatic carbocycles. The van der Waals surface area contributed by atoms with Gasteiger partial charge in [-0.2, -0.15) is 0 Å². The van der Waals surface area contributed by atoms with Crippen molar-refractivity contribution in [1.29, 1.82) is 0 Å². The van der Waals surface area contributed by atoms with Crippen LogP contribution in [0.5, 0.6) is 5.75 Å². The first-order valence-corrected chi connectivity index (χ1v) is 5.20. The molecule has 0 atom stereocenters. The molecule has 0 fully saturated rings. The Labute approximate surface area is 97.0 Å². The van der Waals surface area contributed by atoms with E-state index in [9.17, 15) is 0 Å². The van der Waals surface area contributed by atoms with Gasteiger partial charge in [0.1, 0.15) is 16.1 Å². The van der Waals surface area contributed by atoms with E-state index >= 15 is 0 Å². The average molecular weight is 243 g/mol. The number of rotatable bonds is 2. The van der Waals surface area contributed by atoms with Gasteiger partial charge in [-0.05, 0) is 13.0 Å². The molecule has 0 spiro atoms. The molecule has 0 unspecified atom stereocenters. The molecule has 3 nitrogen and oxygen atoms in total. The highest BCUT2D eigenvalue weighted by molar-refractivity contribution is 6.35. The van der Waals surface area contributed by atoms with Crippen molar-refractivity contribution in [3.05, 3.63) is 28.8 Å². The van der Waals surface area contributed by atoms with E-state index in [4.69, 9.17) is 27.9 Å². The number of fused-ring (bicyclic) bond motifs is 1. The number of aromatic nitrogens is 2. The Hall–Kier alpha value is -1.06. The van der Waals surface area contributed by atoms with Crippen molar-refractivity contribution < 1.29 is 4.74 Å². The van der Waals surface area contributed by atoms with E-state index in [1.54, 1.807) is 18.5 Å². The maximum Gasteiger partial charge on any atom is 0.145 e. The lowest BCUT2D eigenvalue weighted by atomic mass is 10.2. The van der Waals surface area contributed by atoms with Gasteiger partial charge in [0.05, 0.1) is 12.8 Å². The number of hydrogen-bond donors (Lipinski definition) is 0. The molecule has 0 saturated carbocycles. The highest BCUT2D eigenvalue weighted by Gasteiger charge is 2.07. The standard InChI is InChI=1S/C10H8Cl2N2O/c1-2-15-8-5-14-10(12)7-4-13-9(11)3-6(7)8/h3-5H,2H2,1H3. The summed E-state index contributed by atoms with van der Waals surface area (Å²) in [5.74, 6) is 0.668. The number of nitrogens with zero attached hydrogens (tertiary/aromatic N) is 2. The Bertz CT molecular complexity index is 502. The van der Waals surface area contributed by atoms with E-state index in [1.165, 1.54) is 0 Å². The van der Waals surface area contributed by atoms with Crippen LogP contribution in [0.15, 0.2) is 18.5 Å². The van der Waals surface area contributed by atoms with Gasteiger partial charge in [-0.3, -0.25) is 0 Å². The van der Waals surface area contributed by atoms with Gasteiger partial charge in [0.2, 0.25) is 0 Å². The van der Waals surface area contributed by atoms with Crippen LogP contribution in [0.1, 0.15) is 6.92 Å². The van der Waals surface area contributed by atoms with Crippen molar-refractivity contribution in [2.24, 2.45) is 0 Å². The van der Waals surface area contributed by atoms with E-state index < -0.39 is 0 Å². The third kappa shape index (κ3) is 1.98. The van der Waals surface area contributed by atoms with Gasteiger partial charge in [-0.15, -0.1) is 0 Å². The van der Waals surface area contributed by atoms with Gasteiger partial charge in [0.25, 0.3) is 0 Å². The summed E-state index contributed by atoms with van der Waals surface area (Å²) in [7, 11) is 0. The maximum atomic E-state index is 5.93. The molecule has 0 N–H and O–H groups in total. The van der Waals surface area contributed by atoms with Crippen molar-refractivity contribution in [2.75, 3.05) is 6.61 Å². The van der Waals surface area contributed by atoms with Crippen molar-refractivity contribution in [1.82, 2.24) is 9.97 Å². The van der Waals surface area contributed by atoms with E-state index in [0.29, 0.717) is 22.7 Å². The highest BCUT2D eigenvalue weighted by Crippen LogP contribution is 2.30. The van der Waals surface area contributed by atoms with Gasteiger partial charge in [0, 0.05) is 17.0 Å². The summed E-state index contributed by atoms with van der Waals surface area (Å²) in [4.78, 5) is 7.97. The van der Waals surface area contributed by atoms with Crippen molar-refractivity contribution in [3.8, 4) is 5.75 Å². The molecule has 78 valence electrons. The second-order valence-electron chi connectivity index (χ2n) is 2.90. The topological polar surface area (TPSA) is 35.0 Å². The molecule has 5 heteroatoms. The van der Waals surface area contributed by atoms with Crippen LogP contribution in [0.2, 0.25) is 10.3 Å². The summed E-state index contributed by atoms with van der Waals surface area (Å²) >= 11 is 11.7. The lowest BCUT2D eigenvalue weighted by molar-refractivity contribution is 0.343. The van der Waals surface area contributed by atoms with Crippen LogP contribution in [0, 0.1) is 0 Å². The minimum Gasteiger partial charge on any atom is -0.492 e. The van der Waals surface area contributed by atoms with Gasteiger partial charge < -0.3 is 4.74 Å². The molecule has 0 aromatic carbocycles. The second kappa shape index (κ2) is 4.21. The molecule has 0 radical (unpaired) electrons. The predicted octanol–water partition coefficient (Wildman–Crippen LogP) is 3.34. The van der Waals surface area contributed by atoms with Gasteiger partial charge in [-0.1, -0.05) is 23.2 Å². The zero-order valence-corrected chi connectivity index (χ0v) is 9.51. The van der Waals surface area contributed by atoms with Crippen molar-refractivity contribution >= 4 is 34.0 Å². The highest BCUT2D eigenvalue weighted by atomic mass is 35.5. The summed E-state index contributed by atoms with van der Waals surface area (Å²) in [6.45, 7) is 2.47. The van der Waals surface area contributed by atoms with Crippen LogP contribution in [0.25, 0.3) is 10.8 Å². The molecule has 0 amide bonds. The Balaban J connectivity index is 2.72. The largest absolute Gasteiger partial charge is 0.492 e. The van der Waals surface area contributed by atoms with Gasteiger partial charge in [0.15, 0.2) is 0 Å². The van der Waals surface area contributed by atoms with Crippen LogP contribution >= 0.6 is 23.2 Å². The van der Waals surface area contributed by atoms with Gasteiger partial charge in [-0.25, -0.2) is 9.97 Å². The first-order chi connectivity index (χ1) is 7.22. The third-order valence-electron chi connectivity index (χ3n) is 1.95. The molecule has 0 bridgehead atoms. The van der Waals surface area contributed by atoms with Gasteiger partial charge >= 0.3 is 0 Å². The zero-order chi connectivity index (χ0) is 10.8. The quantitative estimate of drug-likeness (QED) is 0.758. The normalized spacial score (nSPS) is 10.6. The molecule has 2 rings (SSSR count). The molecular formula is C10H8Cl2N2O. The molecule has 2 aromatic heterocycles. The van der Waals surface area contributed by atoms with Crippen LogP contribution in [-0.4, -0.2) is 16.6 Å². The number of pyridine rings is 2. The fourth-order valence-corrected chi connectivity index (χ4v) is 1.68. The predicted molar refractivity (Wildman–Crippen MR) is 60.7 cm³/mol. The van der Waals surface area contributed by atoms with Crippen LogP contribution in [-0.2, 0) is 0 Å². The third-order valence-corrected chi connectivity index (χ3v) is 2.46. The minimum absolute atomic E-state index is 0.401. The fraction of sp³-hybridized carbons (Fsp3) is 0.200. The number of ether oxygens (including phenoxy) is 1. The van der Waals surface area contributed by atoms with E-state index in [1.807, 2.05) is 6.92 Å². The molecule has 2 heterocycles. The summed E-state index contributed by atoms with van der Waals surface area (Å²) in [6.07, 6.45) is 3.18. The molecule has 0 aliphatic heterocycles. The molecule has 15 heavy (non-hydrogen) atoms. The first kappa shape index (κ1) is 10.5.